The van der Waals surface area contributed by atoms with Crippen molar-refractivity contribution in [3.05, 3.63) is 33.9 Å². The minimum absolute atomic E-state index is 0.185. The van der Waals surface area contributed by atoms with Crippen LogP contribution in [0.5, 0.6) is 0 Å². The Bertz CT molecular complexity index is 424. The SMILES string of the molecule is CCCCCSCc1cccc([N+](=O)[O-])c1NCCC. The molecule has 0 bridgehead atoms. The molecule has 20 heavy (non-hydrogen) atoms. The lowest BCUT2D eigenvalue weighted by Crippen LogP contribution is -2.06. The van der Waals surface area contributed by atoms with E-state index in [1.165, 1.54) is 19.3 Å². The molecule has 0 saturated carbocycles. The zero-order chi connectivity index (χ0) is 14.8. The molecule has 1 N–H and O–H groups in total. The molecule has 0 atom stereocenters. The summed E-state index contributed by atoms with van der Waals surface area (Å²) in [5, 5.41) is 14.3. The molecule has 5 heteroatoms. The van der Waals surface area contributed by atoms with Crippen LogP contribution in [-0.4, -0.2) is 17.2 Å². The summed E-state index contributed by atoms with van der Waals surface area (Å²) in [5.41, 5.74) is 1.92. The van der Waals surface area contributed by atoms with Crippen molar-refractivity contribution in [3.63, 3.8) is 0 Å². The zero-order valence-electron chi connectivity index (χ0n) is 12.4. The first-order chi connectivity index (χ1) is 9.70. The Kier molecular flexibility index (Phi) is 8.11. The topological polar surface area (TPSA) is 55.2 Å². The van der Waals surface area contributed by atoms with E-state index in [1.807, 2.05) is 17.8 Å². The number of nitro benzene ring substituents is 1. The predicted molar refractivity (Wildman–Crippen MR) is 87.6 cm³/mol. The van der Waals surface area contributed by atoms with Crippen molar-refractivity contribution < 1.29 is 4.92 Å². The van der Waals surface area contributed by atoms with Gasteiger partial charge in [-0.1, -0.05) is 38.8 Å². The Hall–Kier alpha value is -1.23. The van der Waals surface area contributed by atoms with E-state index in [1.54, 1.807) is 12.1 Å². The van der Waals surface area contributed by atoms with E-state index in [2.05, 4.69) is 19.2 Å². The third kappa shape index (κ3) is 5.41. The van der Waals surface area contributed by atoms with Crippen molar-refractivity contribution in [1.82, 2.24) is 0 Å². The average Bonchev–Trinajstić information content (AvgIpc) is 2.45. The third-order valence-electron chi connectivity index (χ3n) is 3.03. The number of para-hydroxylation sites is 1. The Morgan fingerprint density at radius 2 is 2.05 bits per heavy atom. The molecule has 0 aliphatic carbocycles. The van der Waals surface area contributed by atoms with Gasteiger partial charge in [-0.25, -0.2) is 0 Å². The highest BCUT2D eigenvalue weighted by Gasteiger charge is 2.16. The molecule has 0 amide bonds. The molecule has 0 heterocycles. The van der Waals surface area contributed by atoms with Gasteiger partial charge in [0.25, 0.3) is 5.69 Å². The predicted octanol–water partition coefficient (Wildman–Crippen LogP) is 4.84. The van der Waals surface area contributed by atoms with Gasteiger partial charge < -0.3 is 5.32 Å². The van der Waals surface area contributed by atoms with Gasteiger partial charge in [-0.2, -0.15) is 11.8 Å². The highest BCUT2D eigenvalue weighted by atomic mass is 32.2. The molecule has 0 aliphatic rings. The number of rotatable bonds is 10. The molecular formula is C15H24N2O2S. The monoisotopic (exact) mass is 296 g/mol. The van der Waals surface area contributed by atoms with Crippen LogP contribution in [0.15, 0.2) is 18.2 Å². The van der Waals surface area contributed by atoms with Crippen LogP contribution < -0.4 is 5.32 Å². The van der Waals surface area contributed by atoms with Crippen LogP contribution in [0.25, 0.3) is 0 Å². The molecule has 4 nitrogen and oxygen atoms in total. The highest BCUT2D eigenvalue weighted by molar-refractivity contribution is 7.98. The molecule has 0 spiro atoms. The van der Waals surface area contributed by atoms with Gasteiger partial charge in [0.05, 0.1) is 4.92 Å². The molecule has 0 unspecified atom stereocenters. The van der Waals surface area contributed by atoms with E-state index in [0.717, 1.165) is 30.0 Å². The molecule has 0 fully saturated rings. The molecular weight excluding hydrogens is 272 g/mol. The summed E-state index contributed by atoms with van der Waals surface area (Å²) >= 11 is 1.85. The van der Waals surface area contributed by atoms with Crippen LogP contribution in [-0.2, 0) is 5.75 Å². The van der Waals surface area contributed by atoms with Crippen LogP contribution in [0.1, 0.15) is 45.1 Å². The van der Waals surface area contributed by atoms with E-state index in [0.29, 0.717) is 5.69 Å². The Morgan fingerprint density at radius 1 is 1.25 bits per heavy atom. The Balaban J connectivity index is 2.72. The van der Waals surface area contributed by atoms with Gasteiger partial charge in [0.1, 0.15) is 5.69 Å². The lowest BCUT2D eigenvalue weighted by atomic mass is 10.1. The van der Waals surface area contributed by atoms with E-state index < -0.39 is 0 Å². The highest BCUT2D eigenvalue weighted by Crippen LogP contribution is 2.31. The number of unbranched alkanes of at least 4 members (excludes halogenated alkanes) is 2. The first-order valence-corrected chi connectivity index (χ1v) is 8.44. The third-order valence-corrected chi connectivity index (χ3v) is 4.12. The maximum absolute atomic E-state index is 11.1. The van der Waals surface area contributed by atoms with E-state index >= 15 is 0 Å². The van der Waals surface area contributed by atoms with E-state index in [9.17, 15) is 10.1 Å². The van der Waals surface area contributed by atoms with Crippen molar-refractivity contribution in [2.75, 3.05) is 17.6 Å². The zero-order valence-corrected chi connectivity index (χ0v) is 13.2. The fourth-order valence-corrected chi connectivity index (χ4v) is 2.96. The molecule has 0 aromatic heterocycles. The van der Waals surface area contributed by atoms with Gasteiger partial charge in [-0.05, 0) is 24.2 Å². The molecule has 112 valence electrons. The van der Waals surface area contributed by atoms with Crippen LogP contribution >= 0.6 is 11.8 Å². The number of nitrogens with zero attached hydrogens (tertiary/aromatic N) is 1. The summed E-state index contributed by atoms with van der Waals surface area (Å²) in [5.74, 6) is 1.95. The summed E-state index contributed by atoms with van der Waals surface area (Å²) in [7, 11) is 0. The molecule has 1 aromatic rings. The van der Waals surface area contributed by atoms with Crippen molar-refractivity contribution in [2.24, 2.45) is 0 Å². The summed E-state index contributed by atoms with van der Waals surface area (Å²) < 4.78 is 0. The minimum Gasteiger partial charge on any atom is -0.379 e. The van der Waals surface area contributed by atoms with Crippen molar-refractivity contribution in [3.8, 4) is 0 Å². The van der Waals surface area contributed by atoms with Gasteiger partial charge in [0.2, 0.25) is 0 Å². The number of hydrogen-bond donors (Lipinski definition) is 1. The molecule has 1 aromatic carbocycles. The molecule has 0 radical (unpaired) electrons. The van der Waals surface area contributed by atoms with Crippen LogP contribution in [0.4, 0.5) is 11.4 Å². The van der Waals surface area contributed by atoms with E-state index in [4.69, 9.17) is 0 Å². The lowest BCUT2D eigenvalue weighted by molar-refractivity contribution is -0.384. The van der Waals surface area contributed by atoms with Gasteiger partial charge in [0.15, 0.2) is 0 Å². The van der Waals surface area contributed by atoms with Gasteiger partial charge in [-0.3, -0.25) is 10.1 Å². The lowest BCUT2D eigenvalue weighted by Gasteiger charge is -2.11. The molecule has 1 rings (SSSR count). The number of nitro groups is 1. The first-order valence-electron chi connectivity index (χ1n) is 7.28. The van der Waals surface area contributed by atoms with Gasteiger partial charge in [-0.15, -0.1) is 0 Å². The van der Waals surface area contributed by atoms with Crippen molar-refractivity contribution >= 4 is 23.1 Å². The number of benzene rings is 1. The molecule has 0 aliphatic heterocycles. The van der Waals surface area contributed by atoms with Crippen LogP contribution in [0, 0.1) is 10.1 Å². The second-order valence-corrected chi connectivity index (χ2v) is 5.86. The van der Waals surface area contributed by atoms with E-state index in [-0.39, 0.29) is 10.6 Å². The van der Waals surface area contributed by atoms with Gasteiger partial charge in [0, 0.05) is 18.4 Å². The van der Waals surface area contributed by atoms with Gasteiger partial charge >= 0.3 is 0 Å². The normalized spacial score (nSPS) is 10.5. The van der Waals surface area contributed by atoms with Crippen LogP contribution in [0.3, 0.4) is 0 Å². The largest absolute Gasteiger partial charge is 0.379 e. The summed E-state index contributed by atoms with van der Waals surface area (Å²) in [6.45, 7) is 5.01. The second kappa shape index (κ2) is 9.64. The standard InChI is InChI=1S/C15H24N2O2S/c1-3-5-6-11-20-12-13-8-7-9-14(17(18)19)15(13)16-10-4-2/h7-9,16H,3-6,10-12H2,1-2H3. The number of anilines is 1. The summed E-state index contributed by atoms with van der Waals surface area (Å²) in [4.78, 5) is 10.8. The van der Waals surface area contributed by atoms with Crippen molar-refractivity contribution in [1.29, 1.82) is 0 Å². The Labute approximate surface area is 125 Å². The second-order valence-electron chi connectivity index (χ2n) is 4.75. The Morgan fingerprint density at radius 3 is 2.70 bits per heavy atom. The fraction of sp³-hybridized carbons (Fsp3) is 0.600. The average molecular weight is 296 g/mol. The number of nitrogens with one attached hydrogen (secondary N) is 1. The number of hydrogen-bond acceptors (Lipinski definition) is 4. The number of thioether (sulfide) groups is 1. The maximum Gasteiger partial charge on any atom is 0.292 e. The molecule has 0 saturated heterocycles. The fourth-order valence-electron chi connectivity index (χ4n) is 1.95. The quantitative estimate of drug-likeness (QED) is 0.381. The first kappa shape index (κ1) is 16.8. The smallest absolute Gasteiger partial charge is 0.292 e. The van der Waals surface area contributed by atoms with Crippen LogP contribution in [0.2, 0.25) is 0 Å². The van der Waals surface area contributed by atoms with Crippen molar-refractivity contribution in [2.45, 2.75) is 45.3 Å². The minimum atomic E-state index is -0.302. The summed E-state index contributed by atoms with van der Waals surface area (Å²) in [6.07, 6.45) is 4.65. The summed E-state index contributed by atoms with van der Waals surface area (Å²) in [6, 6.07) is 5.33. The maximum atomic E-state index is 11.1.